The molecule has 210 valence electrons. The molecular formula is C31H49N4O3+. The highest BCUT2D eigenvalue weighted by Gasteiger charge is 2.28. The van der Waals surface area contributed by atoms with Crippen molar-refractivity contribution in [2.75, 3.05) is 70.2 Å². The van der Waals surface area contributed by atoms with Crippen LogP contribution in [0.5, 0.6) is 0 Å². The molecule has 2 N–H and O–H groups in total. The number of ether oxygens (including phenoxy) is 1. The van der Waals surface area contributed by atoms with Crippen molar-refractivity contribution in [3.63, 3.8) is 0 Å². The predicted molar refractivity (Wildman–Crippen MR) is 158 cm³/mol. The van der Waals surface area contributed by atoms with Gasteiger partial charge in [-0.3, -0.25) is 14.5 Å². The Morgan fingerprint density at radius 3 is 1.84 bits per heavy atom. The van der Waals surface area contributed by atoms with Crippen molar-refractivity contribution in [2.24, 2.45) is 0 Å². The Labute approximate surface area is 230 Å². The summed E-state index contributed by atoms with van der Waals surface area (Å²) in [6.07, 6.45) is 2.16. The van der Waals surface area contributed by atoms with Gasteiger partial charge in [-0.05, 0) is 70.3 Å². The van der Waals surface area contributed by atoms with Gasteiger partial charge in [0, 0.05) is 17.9 Å². The van der Waals surface area contributed by atoms with Crippen LogP contribution in [0.4, 0.5) is 11.4 Å². The van der Waals surface area contributed by atoms with E-state index >= 15 is 0 Å². The third kappa shape index (κ3) is 9.86. The molecule has 0 fully saturated rings. The standard InChI is InChI=1S/C31H48N4O3/c1-8-10-18-35(9-2,23-29(37)33-31-26(5)15-12-16-27(31)6)19-21-38-20-17-34(7)22-28(36)32-30-24(3)13-11-14-25(30)4/h11-16H,8-10,17-23H2,1-7H3,(H-,32,33,36,37)/p+1. The lowest BCUT2D eigenvalue weighted by atomic mass is 10.1. The Bertz CT molecular complexity index is 1010. The number of nitrogens with zero attached hydrogens (tertiary/aromatic N) is 2. The van der Waals surface area contributed by atoms with Crippen molar-refractivity contribution in [3.8, 4) is 0 Å². The van der Waals surface area contributed by atoms with Crippen LogP contribution in [0.15, 0.2) is 36.4 Å². The van der Waals surface area contributed by atoms with Crippen LogP contribution in [0.2, 0.25) is 0 Å². The van der Waals surface area contributed by atoms with Crippen LogP contribution in [0.3, 0.4) is 0 Å². The first-order chi connectivity index (χ1) is 18.1. The van der Waals surface area contributed by atoms with E-state index in [1.807, 2.05) is 76.0 Å². The molecule has 0 bridgehead atoms. The second kappa shape index (κ2) is 15.6. The highest BCUT2D eigenvalue weighted by molar-refractivity contribution is 5.94. The van der Waals surface area contributed by atoms with Crippen molar-refractivity contribution in [3.05, 3.63) is 58.7 Å². The molecule has 0 radical (unpaired) electrons. The first-order valence-electron chi connectivity index (χ1n) is 13.9. The molecule has 0 spiro atoms. The summed E-state index contributed by atoms with van der Waals surface area (Å²) in [5.41, 5.74) is 6.10. The quantitative estimate of drug-likeness (QED) is 0.237. The second-order valence-corrected chi connectivity index (χ2v) is 10.6. The fraction of sp³-hybridized carbons (Fsp3) is 0.548. The summed E-state index contributed by atoms with van der Waals surface area (Å²) in [6, 6.07) is 12.1. The van der Waals surface area contributed by atoms with Gasteiger partial charge in [0.1, 0.15) is 6.54 Å². The Balaban J connectivity index is 1.83. The van der Waals surface area contributed by atoms with Crippen molar-refractivity contribution in [1.29, 1.82) is 0 Å². The Morgan fingerprint density at radius 1 is 0.816 bits per heavy atom. The van der Waals surface area contributed by atoms with E-state index in [0.29, 0.717) is 37.3 Å². The van der Waals surface area contributed by atoms with Crippen molar-refractivity contribution >= 4 is 23.2 Å². The zero-order chi connectivity index (χ0) is 28.1. The number of nitrogens with one attached hydrogen (secondary N) is 2. The molecule has 2 aromatic carbocycles. The number of likely N-dealkylation sites (N-methyl/N-ethyl adjacent to an activating group) is 2. The minimum atomic E-state index is -0.0268. The zero-order valence-electron chi connectivity index (χ0n) is 24.7. The molecule has 7 nitrogen and oxygen atoms in total. The predicted octanol–water partition coefficient (Wildman–Crippen LogP) is 5.08. The normalized spacial score (nSPS) is 12.8. The van der Waals surface area contributed by atoms with Gasteiger partial charge in [-0.2, -0.15) is 0 Å². The van der Waals surface area contributed by atoms with Gasteiger partial charge >= 0.3 is 0 Å². The van der Waals surface area contributed by atoms with E-state index in [9.17, 15) is 9.59 Å². The monoisotopic (exact) mass is 525 g/mol. The summed E-state index contributed by atoms with van der Waals surface area (Å²) < 4.78 is 6.70. The van der Waals surface area contributed by atoms with Crippen LogP contribution in [-0.2, 0) is 14.3 Å². The number of hydrogen-bond donors (Lipinski definition) is 2. The molecule has 38 heavy (non-hydrogen) atoms. The third-order valence-electron chi connectivity index (χ3n) is 7.37. The molecule has 2 rings (SSSR count). The minimum absolute atomic E-state index is 0.0268. The highest BCUT2D eigenvalue weighted by Crippen LogP contribution is 2.21. The van der Waals surface area contributed by atoms with Crippen LogP contribution >= 0.6 is 0 Å². The van der Waals surface area contributed by atoms with Crippen LogP contribution in [-0.4, -0.2) is 80.7 Å². The van der Waals surface area contributed by atoms with Crippen LogP contribution < -0.4 is 10.6 Å². The average molecular weight is 526 g/mol. The van der Waals surface area contributed by atoms with Crippen molar-refractivity contribution in [1.82, 2.24) is 4.90 Å². The zero-order valence-corrected chi connectivity index (χ0v) is 24.7. The van der Waals surface area contributed by atoms with Crippen LogP contribution in [0.1, 0.15) is 48.9 Å². The lowest BCUT2D eigenvalue weighted by Gasteiger charge is -2.37. The second-order valence-electron chi connectivity index (χ2n) is 10.6. The van der Waals surface area contributed by atoms with Crippen LogP contribution in [0.25, 0.3) is 0 Å². The number of amides is 2. The Hall–Kier alpha value is -2.74. The maximum atomic E-state index is 13.1. The summed E-state index contributed by atoms with van der Waals surface area (Å²) in [4.78, 5) is 27.6. The molecule has 0 aromatic heterocycles. The van der Waals surface area contributed by atoms with Crippen LogP contribution in [0, 0.1) is 27.7 Å². The smallest absolute Gasteiger partial charge is 0.279 e. The molecule has 2 amide bonds. The van der Waals surface area contributed by atoms with Gasteiger partial charge in [0.05, 0.1) is 32.8 Å². The average Bonchev–Trinajstić information content (AvgIpc) is 2.86. The van der Waals surface area contributed by atoms with Gasteiger partial charge in [-0.1, -0.05) is 49.7 Å². The highest BCUT2D eigenvalue weighted by atomic mass is 16.5. The Morgan fingerprint density at radius 2 is 1.34 bits per heavy atom. The Kier molecular flexibility index (Phi) is 12.9. The molecule has 0 aliphatic heterocycles. The number of unbranched alkanes of at least 4 members (excludes halogenated alkanes) is 1. The number of benzene rings is 2. The number of para-hydroxylation sites is 2. The first kappa shape index (κ1) is 31.5. The molecule has 0 aliphatic rings. The van der Waals surface area contributed by atoms with Gasteiger partial charge in [0.25, 0.3) is 5.91 Å². The molecule has 1 unspecified atom stereocenters. The summed E-state index contributed by atoms with van der Waals surface area (Å²) in [5.74, 6) is 0.0241. The number of carbonyl (C=O) groups is 2. The molecule has 1 atom stereocenters. The number of carbonyl (C=O) groups excluding carboxylic acids is 2. The topological polar surface area (TPSA) is 70.7 Å². The summed E-state index contributed by atoms with van der Waals surface area (Å²) in [6.45, 7) is 17.5. The van der Waals surface area contributed by atoms with E-state index in [-0.39, 0.29) is 11.8 Å². The van der Waals surface area contributed by atoms with Gasteiger partial charge in [0.2, 0.25) is 5.91 Å². The fourth-order valence-corrected chi connectivity index (χ4v) is 4.78. The molecule has 0 saturated carbocycles. The van der Waals surface area contributed by atoms with E-state index in [4.69, 9.17) is 4.74 Å². The number of anilines is 2. The van der Waals surface area contributed by atoms with E-state index in [2.05, 4.69) is 24.5 Å². The van der Waals surface area contributed by atoms with E-state index in [1.54, 1.807) is 0 Å². The summed E-state index contributed by atoms with van der Waals surface area (Å²) >= 11 is 0. The van der Waals surface area contributed by atoms with Crippen molar-refractivity contribution < 1.29 is 18.8 Å². The van der Waals surface area contributed by atoms with E-state index < -0.39 is 0 Å². The molecule has 0 saturated heterocycles. The number of quaternary nitrogens is 1. The molecule has 2 aromatic rings. The number of aryl methyl sites for hydroxylation is 4. The molecule has 7 heteroatoms. The maximum absolute atomic E-state index is 13.1. The lowest BCUT2D eigenvalue weighted by molar-refractivity contribution is -0.919. The molecular weight excluding hydrogens is 476 g/mol. The SMILES string of the molecule is CCCC[N+](CC)(CCOCCN(C)CC(=O)Nc1c(C)cccc1C)CC(=O)Nc1c(C)cccc1C. The number of hydrogen-bond acceptors (Lipinski definition) is 4. The van der Waals surface area contributed by atoms with Gasteiger partial charge in [-0.15, -0.1) is 0 Å². The summed E-state index contributed by atoms with van der Waals surface area (Å²) in [5, 5.41) is 6.20. The first-order valence-corrected chi connectivity index (χ1v) is 13.9. The van der Waals surface area contributed by atoms with Crippen molar-refractivity contribution in [2.45, 2.75) is 54.4 Å². The lowest BCUT2D eigenvalue weighted by Crippen LogP contribution is -2.54. The molecule has 0 heterocycles. The van der Waals surface area contributed by atoms with E-state index in [0.717, 1.165) is 66.1 Å². The van der Waals surface area contributed by atoms with Gasteiger partial charge < -0.3 is 19.9 Å². The minimum Gasteiger partial charge on any atom is -0.374 e. The molecule has 0 aliphatic carbocycles. The fourth-order valence-electron chi connectivity index (χ4n) is 4.78. The number of rotatable bonds is 16. The van der Waals surface area contributed by atoms with Gasteiger partial charge in [-0.25, -0.2) is 0 Å². The maximum Gasteiger partial charge on any atom is 0.279 e. The van der Waals surface area contributed by atoms with Gasteiger partial charge in [0.15, 0.2) is 6.54 Å². The third-order valence-corrected chi connectivity index (χ3v) is 7.37. The summed E-state index contributed by atoms with van der Waals surface area (Å²) in [7, 11) is 1.93. The van der Waals surface area contributed by atoms with E-state index in [1.165, 1.54) is 0 Å². The largest absolute Gasteiger partial charge is 0.374 e.